The lowest BCUT2D eigenvalue weighted by Crippen LogP contribution is -2.44. The first kappa shape index (κ1) is 22.0. The average Bonchev–Trinajstić information content (AvgIpc) is 3.19. The van der Waals surface area contributed by atoms with Crippen molar-refractivity contribution in [2.45, 2.75) is 20.0 Å². The highest BCUT2D eigenvalue weighted by atomic mass is 32.1. The van der Waals surface area contributed by atoms with Crippen molar-refractivity contribution >= 4 is 29.1 Å². The molecule has 0 fully saturated rings. The Hall–Kier alpha value is -3.72. The lowest BCUT2D eigenvalue weighted by Gasteiger charge is -2.09. The second-order valence-corrected chi connectivity index (χ2v) is 7.48. The van der Waals surface area contributed by atoms with Gasteiger partial charge in [-0.15, -0.1) is 11.3 Å². The molecule has 0 aliphatic carbocycles. The predicted octanol–water partition coefficient (Wildman–Crippen LogP) is 2.58. The van der Waals surface area contributed by atoms with E-state index in [-0.39, 0.29) is 12.0 Å². The molecule has 0 radical (unpaired) electrons. The number of benzene rings is 2. The molecule has 0 spiro atoms. The minimum atomic E-state index is -0.676. The third-order valence-corrected chi connectivity index (χ3v) is 4.94. The van der Waals surface area contributed by atoms with E-state index in [9.17, 15) is 14.4 Å². The number of hydrogen-bond donors (Lipinski definition) is 2. The standard InChI is InChI=1S/C22H21N3O5S/c1-15-14-31-21(23-15)11-19(26)24-25-20(27)13-30-22(28)17-8-5-9-18(10-17)29-12-16-6-3-2-4-7-16/h2-10,14H,11-13H2,1H3,(H,24,26)(H,25,27). The number of nitrogens with one attached hydrogen (secondary N) is 2. The molecule has 0 bridgehead atoms. The number of aryl methyl sites for hydroxylation is 1. The number of hydrazine groups is 1. The van der Waals surface area contributed by atoms with Gasteiger partial charge in [0.15, 0.2) is 6.61 Å². The number of aromatic nitrogens is 1. The van der Waals surface area contributed by atoms with Crippen molar-refractivity contribution in [3.8, 4) is 5.75 Å². The molecule has 0 unspecified atom stereocenters. The number of carbonyl (C=O) groups excluding carboxylic acids is 3. The summed E-state index contributed by atoms with van der Waals surface area (Å²) in [4.78, 5) is 40.0. The lowest BCUT2D eigenvalue weighted by molar-refractivity contribution is -0.130. The van der Waals surface area contributed by atoms with Crippen molar-refractivity contribution < 1.29 is 23.9 Å². The van der Waals surface area contributed by atoms with Crippen LogP contribution in [0.25, 0.3) is 0 Å². The van der Waals surface area contributed by atoms with Gasteiger partial charge in [0.25, 0.3) is 5.91 Å². The van der Waals surface area contributed by atoms with Gasteiger partial charge in [-0.2, -0.15) is 0 Å². The highest BCUT2D eigenvalue weighted by Gasteiger charge is 2.13. The van der Waals surface area contributed by atoms with Gasteiger partial charge in [0, 0.05) is 11.1 Å². The second kappa shape index (κ2) is 10.9. The molecule has 3 aromatic rings. The maximum Gasteiger partial charge on any atom is 0.338 e. The molecule has 31 heavy (non-hydrogen) atoms. The van der Waals surface area contributed by atoms with E-state index >= 15 is 0 Å². The van der Waals surface area contributed by atoms with Gasteiger partial charge in [-0.25, -0.2) is 9.78 Å². The Morgan fingerprint density at radius 3 is 2.52 bits per heavy atom. The minimum absolute atomic E-state index is 0.0499. The summed E-state index contributed by atoms with van der Waals surface area (Å²) in [5, 5.41) is 2.48. The zero-order valence-electron chi connectivity index (χ0n) is 16.8. The minimum Gasteiger partial charge on any atom is -0.489 e. The third kappa shape index (κ3) is 7.23. The van der Waals surface area contributed by atoms with Crippen LogP contribution in [0.3, 0.4) is 0 Å². The van der Waals surface area contributed by atoms with Crippen molar-refractivity contribution in [2.24, 2.45) is 0 Å². The van der Waals surface area contributed by atoms with Crippen LogP contribution in [-0.2, 0) is 27.4 Å². The molecule has 3 rings (SSSR count). The maximum absolute atomic E-state index is 12.2. The highest BCUT2D eigenvalue weighted by Crippen LogP contribution is 2.16. The predicted molar refractivity (Wildman–Crippen MR) is 114 cm³/mol. The molecule has 0 saturated carbocycles. The molecular weight excluding hydrogens is 418 g/mol. The maximum atomic E-state index is 12.2. The van der Waals surface area contributed by atoms with Crippen LogP contribution in [0.1, 0.15) is 26.6 Å². The molecule has 2 aromatic carbocycles. The van der Waals surface area contributed by atoms with Crippen LogP contribution in [-0.4, -0.2) is 29.4 Å². The zero-order valence-corrected chi connectivity index (χ0v) is 17.6. The molecule has 0 atom stereocenters. The average molecular weight is 439 g/mol. The van der Waals surface area contributed by atoms with Gasteiger partial charge in [0.2, 0.25) is 5.91 Å². The molecule has 1 aromatic heterocycles. The molecule has 0 saturated heterocycles. The summed E-state index contributed by atoms with van der Waals surface area (Å²) in [7, 11) is 0. The molecule has 160 valence electrons. The Bertz CT molecular complexity index is 1050. The molecule has 0 aliphatic rings. The number of thiazole rings is 1. The zero-order chi connectivity index (χ0) is 22.1. The van der Waals surface area contributed by atoms with Gasteiger partial charge in [0.1, 0.15) is 17.4 Å². The second-order valence-electron chi connectivity index (χ2n) is 6.53. The summed E-state index contributed by atoms with van der Waals surface area (Å²) in [5.74, 6) is -1.25. The Labute approximate surface area is 183 Å². The number of hydrogen-bond acceptors (Lipinski definition) is 7. The first-order chi connectivity index (χ1) is 15.0. The molecule has 8 nitrogen and oxygen atoms in total. The van der Waals surface area contributed by atoms with Crippen LogP contribution >= 0.6 is 11.3 Å². The molecule has 0 aliphatic heterocycles. The monoisotopic (exact) mass is 439 g/mol. The summed E-state index contributed by atoms with van der Waals surface area (Å²) in [6.45, 7) is 1.66. The van der Waals surface area contributed by atoms with Crippen molar-refractivity contribution in [2.75, 3.05) is 6.61 Å². The van der Waals surface area contributed by atoms with Crippen molar-refractivity contribution in [3.05, 3.63) is 81.8 Å². The Kier molecular flexibility index (Phi) is 7.72. The smallest absolute Gasteiger partial charge is 0.338 e. The summed E-state index contributed by atoms with van der Waals surface area (Å²) >= 11 is 1.36. The number of ether oxygens (including phenoxy) is 2. The van der Waals surface area contributed by atoms with Gasteiger partial charge >= 0.3 is 5.97 Å². The van der Waals surface area contributed by atoms with Crippen molar-refractivity contribution in [3.63, 3.8) is 0 Å². The fourth-order valence-corrected chi connectivity index (χ4v) is 3.28. The van der Waals surface area contributed by atoms with Gasteiger partial charge < -0.3 is 9.47 Å². The molecular formula is C22H21N3O5S. The van der Waals surface area contributed by atoms with Crippen LogP contribution in [0, 0.1) is 6.92 Å². The summed E-state index contributed by atoms with van der Waals surface area (Å²) < 4.78 is 10.7. The van der Waals surface area contributed by atoms with E-state index in [1.165, 1.54) is 11.3 Å². The van der Waals surface area contributed by atoms with Crippen molar-refractivity contribution in [1.82, 2.24) is 15.8 Å². The number of carbonyl (C=O) groups is 3. The fourth-order valence-electron chi connectivity index (χ4n) is 2.51. The van der Waals surface area contributed by atoms with Gasteiger partial charge in [0.05, 0.1) is 12.0 Å². The number of esters is 1. The summed E-state index contributed by atoms with van der Waals surface area (Å²) in [6, 6.07) is 16.1. The molecule has 1 heterocycles. The van der Waals surface area contributed by atoms with Crippen LogP contribution in [0.4, 0.5) is 0 Å². The normalized spacial score (nSPS) is 10.2. The van der Waals surface area contributed by atoms with Crippen molar-refractivity contribution in [1.29, 1.82) is 0 Å². The van der Waals surface area contributed by atoms with Gasteiger partial charge in [-0.05, 0) is 30.7 Å². The van der Waals surface area contributed by atoms with E-state index in [1.54, 1.807) is 24.3 Å². The van der Waals surface area contributed by atoms with Gasteiger partial charge in [-0.1, -0.05) is 36.4 Å². The van der Waals surface area contributed by atoms with Crippen LogP contribution in [0.15, 0.2) is 60.0 Å². The Morgan fingerprint density at radius 2 is 1.77 bits per heavy atom. The Balaban J connectivity index is 1.41. The largest absolute Gasteiger partial charge is 0.489 e. The first-order valence-corrected chi connectivity index (χ1v) is 10.3. The first-order valence-electron chi connectivity index (χ1n) is 9.42. The molecule has 2 amide bonds. The summed E-state index contributed by atoms with van der Waals surface area (Å²) in [6.07, 6.45) is 0.0499. The van der Waals surface area contributed by atoms with E-state index in [0.717, 1.165) is 11.3 Å². The Morgan fingerprint density at radius 1 is 1.00 bits per heavy atom. The van der Waals surface area contributed by atoms with E-state index < -0.39 is 24.4 Å². The number of nitrogens with zero attached hydrogens (tertiary/aromatic N) is 1. The quantitative estimate of drug-likeness (QED) is 0.413. The SMILES string of the molecule is Cc1csc(CC(=O)NNC(=O)COC(=O)c2cccc(OCc3ccccc3)c2)n1. The van der Waals surface area contributed by atoms with Crippen LogP contribution < -0.4 is 15.6 Å². The highest BCUT2D eigenvalue weighted by molar-refractivity contribution is 7.09. The fraction of sp³-hybridized carbons (Fsp3) is 0.182. The third-order valence-electron chi connectivity index (χ3n) is 3.97. The van der Waals surface area contributed by atoms with Crippen LogP contribution in [0.2, 0.25) is 0 Å². The topological polar surface area (TPSA) is 107 Å². The van der Waals surface area contributed by atoms with E-state index in [4.69, 9.17) is 9.47 Å². The number of amides is 2. The van der Waals surface area contributed by atoms with Crippen LogP contribution in [0.5, 0.6) is 5.75 Å². The van der Waals surface area contributed by atoms with E-state index in [0.29, 0.717) is 17.4 Å². The van der Waals surface area contributed by atoms with E-state index in [2.05, 4.69) is 15.8 Å². The summed E-state index contributed by atoms with van der Waals surface area (Å²) in [5.41, 5.74) is 6.55. The van der Waals surface area contributed by atoms with Gasteiger partial charge in [-0.3, -0.25) is 20.4 Å². The molecule has 9 heteroatoms. The lowest BCUT2D eigenvalue weighted by atomic mass is 10.2. The molecule has 2 N–H and O–H groups in total. The number of rotatable bonds is 8. The van der Waals surface area contributed by atoms with E-state index in [1.807, 2.05) is 42.6 Å².